The van der Waals surface area contributed by atoms with Gasteiger partial charge >= 0.3 is 6.18 Å². The highest BCUT2D eigenvalue weighted by atomic mass is 19.4. The molecule has 2 aromatic heterocycles. The molecule has 4 aromatic rings. The largest absolute Gasteiger partial charge is 0.437 e. The lowest BCUT2D eigenvalue weighted by molar-refractivity contribution is -0.131. The highest BCUT2D eigenvalue weighted by molar-refractivity contribution is 5.97. The SMILES string of the molecule is CCCC(=O)c1ccc(-c2cnc3c(NCCC(F)(F)F)cc(Oc4cccc(F)c4)nn23)cc1C. The molecule has 0 unspecified atom stereocenters. The number of imidazole rings is 1. The van der Waals surface area contributed by atoms with Gasteiger partial charge in [0, 0.05) is 36.2 Å². The first kappa shape index (κ1) is 25.2. The van der Waals surface area contributed by atoms with Crippen LogP contribution in [-0.2, 0) is 0 Å². The van der Waals surface area contributed by atoms with Crippen molar-refractivity contribution in [3.8, 4) is 22.9 Å². The number of hydrogen-bond acceptors (Lipinski definition) is 5. The first-order valence-electron chi connectivity index (χ1n) is 11.4. The number of fused-ring (bicyclic) bond motifs is 1. The van der Waals surface area contributed by atoms with Crippen molar-refractivity contribution >= 4 is 17.1 Å². The smallest absolute Gasteiger partial charge is 0.390 e. The van der Waals surface area contributed by atoms with Crippen molar-refractivity contribution in [3.63, 3.8) is 0 Å². The van der Waals surface area contributed by atoms with E-state index in [1.165, 1.54) is 34.8 Å². The molecule has 36 heavy (non-hydrogen) atoms. The van der Waals surface area contributed by atoms with Crippen molar-refractivity contribution in [1.29, 1.82) is 0 Å². The fraction of sp³-hybridized carbons (Fsp3) is 0.269. The van der Waals surface area contributed by atoms with E-state index < -0.39 is 18.4 Å². The third kappa shape index (κ3) is 5.81. The third-order valence-electron chi connectivity index (χ3n) is 5.49. The fourth-order valence-corrected chi connectivity index (χ4v) is 3.81. The van der Waals surface area contributed by atoms with Gasteiger partial charge in [-0.3, -0.25) is 4.79 Å². The summed E-state index contributed by atoms with van der Waals surface area (Å²) in [5.41, 5.74) is 3.25. The zero-order valence-electron chi connectivity index (χ0n) is 19.7. The summed E-state index contributed by atoms with van der Waals surface area (Å²) in [6.45, 7) is 3.40. The molecule has 0 fully saturated rings. The van der Waals surface area contributed by atoms with Gasteiger partial charge in [-0.2, -0.15) is 13.2 Å². The molecule has 0 amide bonds. The van der Waals surface area contributed by atoms with E-state index in [4.69, 9.17) is 4.74 Å². The van der Waals surface area contributed by atoms with Gasteiger partial charge in [0.25, 0.3) is 0 Å². The van der Waals surface area contributed by atoms with E-state index in [1.54, 1.807) is 18.3 Å². The molecule has 0 bridgehead atoms. The number of ketones is 1. The molecular formula is C26H24F4N4O2. The highest BCUT2D eigenvalue weighted by Gasteiger charge is 2.26. The number of halogens is 4. The van der Waals surface area contributed by atoms with Crippen LogP contribution in [0.4, 0.5) is 23.2 Å². The number of carbonyl (C=O) groups is 1. The number of anilines is 1. The molecule has 2 aromatic carbocycles. The zero-order valence-corrected chi connectivity index (χ0v) is 19.7. The number of aryl methyl sites for hydroxylation is 1. The molecule has 2 heterocycles. The minimum absolute atomic E-state index is 0.0355. The second-order valence-electron chi connectivity index (χ2n) is 8.33. The monoisotopic (exact) mass is 500 g/mol. The Bertz CT molecular complexity index is 1400. The molecule has 4 rings (SSSR count). The van der Waals surface area contributed by atoms with Gasteiger partial charge in [-0.25, -0.2) is 13.9 Å². The van der Waals surface area contributed by atoms with Crippen LogP contribution in [0.15, 0.2) is 54.7 Å². The van der Waals surface area contributed by atoms with Crippen molar-refractivity contribution in [2.45, 2.75) is 39.3 Å². The van der Waals surface area contributed by atoms with Crippen LogP contribution in [0.25, 0.3) is 16.9 Å². The molecule has 0 aliphatic carbocycles. The molecule has 0 saturated heterocycles. The highest BCUT2D eigenvalue weighted by Crippen LogP contribution is 2.30. The number of benzene rings is 2. The Morgan fingerprint density at radius 1 is 1.14 bits per heavy atom. The summed E-state index contributed by atoms with van der Waals surface area (Å²) < 4.78 is 59.0. The zero-order chi connectivity index (χ0) is 25.9. The minimum Gasteiger partial charge on any atom is -0.437 e. The number of carbonyl (C=O) groups excluding carboxylic acids is 1. The van der Waals surface area contributed by atoms with Crippen LogP contribution in [0, 0.1) is 12.7 Å². The summed E-state index contributed by atoms with van der Waals surface area (Å²) in [5.74, 6) is -0.235. The summed E-state index contributed by atoms with van der Waals surface area (Å²) in [4.78, 5) is 16.7. The average molecular weight is 500 g/mol. The molecule has 0 saturated carbocycles. The molecular weight excluding hydrogens is 476 g/mol. The predicted molar refractivity (Wildman–Crippen MR) is 128 cm³/mol. The lowest BCUT2D eigenvalue weighted by atomic mass is 9.98. The summed E-state index contributed by atoms with van der Waals surface area (Å²) in [6, 6.07) is 12.2. The fourth-order valence-electron chi connectivity index (χ4n) is 3.81. The number of aromatic nitrogens is 3. The number of Topliss-reactive ketones (excluding diaryl/α,β-unsaturated/α-hetero) is 1. The second-order valence-corrected chi connectivity index (χ2v) is 8.33. The first-order chi connectivity index (χ1) is 17.1. The van der Waals surface area contributed by atoms with E-state index in [1.807, 2.05) is 19.9 Å². The molecule has 0 spiro atoms. The molecule has 10 heteroatoms. The van der Waals surface area contributed by atoms with Gasteiger partial charge in [-0.15, -0.1) is 5.10 Å². The lowest BCUT2D eigenvalue weighted by Gasteiger charge is -2.13. The Hall–Kier alpha value is -3.95. The van der Waals surface area contributed by atoms with E-state index in [-0.39, 0.29) is 29.6 Å². The summed E-state index contributed by atoms with van der Waals surface area (Å²) in [6.07, 6.45) is -2.63. The van der Waals surface area contributed by atoms with E-state index in [0.717, 1.165) is 12.0 Å². The van der Waals surface area contributed by atoms with E-state index in [9.17, 15) is 22.4 Å². The van der Waals surface area contributed by atoms with Crippen LogP contribution in [0.2, 0.25) is 0 Å². The van der Waals surface area contributed by atoms with Crippen LogP contribution in [0.3, 0.4) is 0 Å². The van der Waals surface area contributed by atoms with Crippen molar-refractivity contribution < 1.29 is 27.1 Å². The number of nitrogens with zero attached hydrogens (tertiary/aromatic N) is 3. The quantitative estimate of drug-likeness (QED) is 0.198. The number of nitrogens with one attached hydrogen (secondary N) is 1. The normalized spacial score (nSPS) is 11.6. The first-order valence-corrected chi connectivity index (χ1v) is 11.4. The molecule has 188 valence electrons. The topological polar surface area (TPSA) is 68.5 Å². The van der Waals surface area contributed by atoms with Crippen LogP contribution < -0.4 is 10.1 Å². The van der Waals surface area contributed by atoms with E-state index >= 15 is 0 Å². The Morgan fingerprint density at radius 3 is 2.64 bits per heavy atom. The van der Waals surface area contributed by atoms with Gasteiger partial charge in [0.2, 0.25) is 5.88 Å². The Kier molecular flexibility index (Phi) is 7.23. The second kappa shape index (κ2) is 10.3. The third-order valence-corrected chi connectivity index (χ3v) is 5.49. The molecule has 1 N–H and O–H groups in total. The number of rotatable bonds is 9. The molecule has 0 aliphatic rings. The van der Waals surface area contributed by atoms with Gasteiger partial charge in [0.15, 0.2) is 11.4 Å². The standard InChI is InChI=1S/C26H24F4N4O2/c1-3-5-23(35)20-9-8-17(12-16(20)2)22-15-32-25-21(31-11-10-26(28,29)30)14-24(33-34(22)25)36-19-7-4-6-18(27)13-19/h4,6-9,12-15,31H,3,5,10-11H2,1-2H3. The molecule has 0 atom stereocenters. The van der Waals surface area contributed by atoms with Gasteiger partial charge in [0.05, 0.1) is 24.0 Å². The van der Waals surface area contributed by atoms with Crippen molar-refractivity contribution in [2.24, 2.45) is 0 Å². The molecule has 0 aliphatic heterocycles. The maximum Gasteiger partial charge on any atom is 0.390 e. The Balaban J connectivity index is 1.75. The van der Waals surface area contributed by atoms with Crippen LogP contribution in [-0.4, -0.2) is 33.1 Å². The number of alkyl halides is 3. The Labute approximate surface area is 204 Å². The summed E-state index contributed by atoms with van der Waals surface area (Å²) in [5, 5.41) is 7.20. The number of ether oxygens (including phenoxy) is 1. The summed E-state index contributed by atoms with van der Waals surface area (Å²) in [7, 11) is 0. The van der Waals surface area contributed by atoms with Crippen molar-refractivity contribution in [2.75, 3.05) is 11.9 Å². The van der Waals surface area contributed by atoms with Crippen LogP contribution >= 0.6 is 0 Å². The van der Waals surface area contributed by atoms with E-state index in [0.29, 0.717) is 28.9 Å². The average Bonchev–Trinajstić information content (AvgIpc) is 3.22. The van der Waals surface area contributed by atoms with Crippen LogP contribution in [0.1, 0.15) is 42.1 Å². The lowest BCUT2D eigenvalue weighted by Crippen LogP contribution is -2.15. The van der Waals surface area contributed by atoms with Gasteiger partial charge in [-0.1, -0.05) is 25.1 Å². The number of hydrogen-bond donors (Lipinski definition) is 1. The maximum atomic E-state index is 13.6. The van der Waals surface area contributed by atoms with Crippen molar-refractivity contribution in [1.82, 2.24) is 14.6 Å². The molecule has 6 nitrogen and oxygen atoms in total. The van der Waals surface area contributed by atoms with Crippen molar-refractivity contribution in [3.05, 3.63) is 71.7 Å². The maximum absolute atomic E-state index is 13.6. The minimum atomic E-state index is -4.33. The summed E-state index contributed by atoms with van der Waals surface area (Å²) >= 11 is 0. The predicted octanol–water partition coefficient (Wildman–Crippen LogP) is 6.98. The Morgan fingerprint density at radius 2 is 1.94 bits per heavy atom. The van der Waals surface area contributed by atoms with Crippen LogP contribution in [0.5, 0.6) is 11.6 Å². The molecule has 0 radical (unpaired) electrons. The van der Waals surface area contributed by atoms with Gasteiger partial charge in [0.1, 0.15) is 11.6 Å². The van der Waals surface area contributed by atoms with E-state index in [2.05, 4.69) is 15.4 Å². The van der Waals surface area contributed by atoms with Gasteiger partial charge in [-0.05, 0) is 37.1 Å². The van der Waals surface area contributed by atoms with Gasteiger partial charge < -0.3 is 10.1 Å².